The molecule has 3 nitrogen and oxygen atoms in total. The van der Waals surface area contributed by atoms with Gasteiger partial charge in [0.2, 0.25) is 0 Å². The molecule has 1 saturated heterocycles. The van der Waals surface area contributed by atoms with Gasteiger partial charge in [-0.1, -0.05) is 6.92 Å². The molecule has 0 bridgehead atoms. The molecular formula is C8H14O3. The third-order valence-electron chi connectivity index (χ3n) is 2.27. The van der Waals surface area contributed by atoms with Gasteiger partial charge in [0.05, 0.1) is 6.61 Å². The molecule has 0 spiro atoms. The fraction of sp³-hybridized carbons (Fsp3) is 0.875. The van der Waals surface area contributed by atoms with Crippen LogP contribution in [0.5, 0.6) is 0 Å². The van der Waals surface area contributed by atoms with Crippen LogP contribution in [-0.2, 0) is 14.3 Å². The highest BCUT2D eigenvalue weighted by Crippen LogP contribution is 2.32. The lowest BCUT2D eigenvalue weighted by atomic mass is 9.87. The molecule has 0 aliphatic carbocycles. The van der Waals surface area contributed by atoms with Crippen LogP contribution in [0.15, 0.2) is 0 Å². The average Bonchev–Trinajstić information content (AvgIpc) is 1.97. The van der Waals surface area contributed by atoms with Crippen molar-refractivity contribution < 1.29 is 14.3 Å². The van der Waals surface area contributed by atoms with Crippen molar-refractivity contribution in [2.24, 2.45) is 5.92 Å². The van der Waals surface area contributed by atoms with Crippen molar-refractivity contribution in [3.05, 3.63) is 0 Å². The van der Waals surface area contributed by atoms with Crippen LogP contribution in [0.4, 0.5) is 0 Å². The van der Waals surface area contributed by atoms with Crippen LogP contribution in [-0.4, -0.2) is 24.8 Å². The Balaban J connectivity index is 2.30. The lowest BCUT2D eigenvalue weighted by Gasteiger charge is -2.44. The molecule has 1 aliphatic heterocycles. The minimum atomic E-state index is -0.242. The zero-order chi connectivity index (χ0) is 8.48. The first-order valence-electron chi connectivity index (χ1n) is 3.82. The fourth-order valence-corrected chi connectivity index (χ4v) is 0.963. The maximum Gasteiger partial charge on any atom is 0.302 e. The zero-order valence-corrected chi connectivity index (χ0v) is 7.22. The van der Waals surface area contributed by atoms with E-state index in [9.17, 15) is 4.79 Å². The van der Waals surface area contributed by atoms with E-state index in [0.29, 0.717) is 12.5 Å². The van der Waals surface area contributed by atoms with Crippen LogP contribution in [0.2, 0.25) is 0 Å². The molecule has 0 aromatic rings. The van der Waals surface area contributed by atoms with Gasteiger partial charge >= 0.3 is 5.97 Å². The van der Waals surface area contributed by atoms with Gasteiger partial charge in [0.15, 0.2) is 0 Å². The maximum atomic E-state index is 10.5. The maximum absolute atomic E-state index is 10.5. The summed E-state index contributed by atoms with van der Waals surface area (Å²) in [6.07, 6.45) is 0. The summed E-state index contributed by atoms with van der Waals surface area (Å²) in [6.45, 7) is 6.62. The minimum absolute atomic E-state index is 0.230. The number of rotatable bonds is 2. The Morgan fingerprint density at radius 1 is 1.82 bits per heavy atom. The van der Waals surface area contributed by atoms with Gasteiger partial charge in [-0.05, 0) is 6.92 Å². The van der Waals surface area contributed by atoms with Crippen molar-refractivity contribution >= 4 is 5.97 Å². The molecule has 1 aliphatic rings. The van der Waals surface area contributed by atoms with Gasteiger partial charge in [0.25, 0.3) is 0 Å². The summed E-state index contributed by atoms with van der Waals surface area (Å²) >= 11 is 0. The van der Waals surface area contributed by atoms with E-state index in [1.807, 2.05) is 6.92 Å². The number of carbonyl (C=O) groups excluding carboxylic acids is 1. The highest BCUT2D eigenvalue weighted by atomic mass is 16.6. The van der Waals surface area contributed by atoms with E-state index in [1.165, 1.54) is 6.92 Å². The van der Waals surface area contributed by atoms with Crippen LogP contribution in [0.25, 0.3) is 0 Å². The molecule has 64 valence electrons. The van der Waals surface area contributed by atoms with Gasteiger partial charge in [0, 0.05) is 12.8 Å². The molecule has 0 aromatic carbocycles. The Morgan fingerprint density at radius 2 is 2.45 bits per heavy atom. The second kappa shape index (κ2) is 2.81. The largest absolute Gasteiger partial charge is 0.463 e. The summed E-state index contributed by atoms with van der Waals surface area (Å²) in [4.78, 5) is 10.5. The summed E-state index contributed by atoms with van der Waals surface area (Å²) in [5.74, 6) is 0.246. The molecule has 1 fully saturated rings. The molecular weight excluding hydrogens is 144 g/mol. The van der Waals surface area contributed by atoms with Crippen LogP contribution in [0.3, 0.4) is 0 Å². The van der Waals surface area contributed by atoms with E-state index in [2.05, 4.69) is 6.92 Å². The third-order valence-corrected chi connectivity index (χ3v) is 2.27. The Labute approximate surface area is 66.7 Å². The summed E-state index contributed by atoms with van der Waals surface area (Å²) in [7, 11) is 0. The lowest BCUT2D eigenvalue weighted by Crippen LogP contribution is -2.53. The molecule has 0 saturated carbocycles. The van der Waals surface area contributed by atoms with Crippen molar-refractivity contribution in [1.29, 1.82) is 0 Å². The van der Waals surface area contributed by atoms with Crippen LogP contribution in [0.1, 0.15) is 20.8 Å². The van der Waals surface area contributed by atoms with E-state index in [-0.39, 0.29) is 11.6 Å². The SMILES string of the molecule is CC(=O)OCC1(C)OCC1C. The van der Waals surface area contributed by atoms with E-state index in [1.54, 1.807) is 0 Å². The lowest BCUT2D eigenvalue weighted by molar-refractivity contribution is -0.213. The third kappa shape index (κ3) is 1.71. The molecule has 0 radical (unpaired) electrons. The predicted octanol–water partition coefficient (Wildman–Crippen LogP) is 0.974. The molecule has 11 heavy (non-hydrogen) atoms. The average molecular weight is 158 g/mol. The van der Waals surface area contributed by atoms with E-state index in [0.717, 1.165) is 6.61 Å². The Morgan fingerprint density at radius 3 is 2.73 bits per heavy atom. The van der Waals surface area contributed by atoms with Crippen LogP contribution in [0, 0.1) is 5.92 Å². The molecule has 3 heteroatoms. The van der Waals surface area contributed by atoms with Gasteiger partial charge < -0.3 is 9.47 Å². The molecule has 1 rings (SSSR count). The van der Waals surface area contributed by atoms with Crippen molar-refractivity contribution in [3.63, 3.8) is 0 Å². The highest BCUT2D eigenvalue weighted by molar-refractivity contribution is 5.65. The first-order valence-corrected chi connectivity index (χ1v) is 3.82. The van der Waals surface area contributed by atoms with Gasteiger partial charge in [-0.3, -0.25) is 4.79 Å². The van der Waals surface area contributed by atoms with E-state index in [4.69, 9.17) is 9.47 Å². The van der Waals surface area contributed by atoms with Crippen molar-refractivity contribution in [1.82, 2.24) is 0 Å². The first kappa shape index (κ1) is 8.53. The predicted molar refractivity (Wildman–Crippen MR) is 40.2 cm³/mol. The van der Waals surface area contributed by atoms with Crippen molar-refractivity contribution in [2.45, 2.75) is 26.4 Å². The molecule has 2 unspecified atom stereocenters. The summed E-state index contributed by atoms with van der Waals surface area (Å²) in [5.41, 5.74) is -0.230. The van der Waals surface area contributed by atoms with Crippen LogP contribution >= 0.6 is 0 Å². The fourth-order valence-electron chi connectivity index (χ4n) is 0.963. The standard InChI is InChI=1S/C8H14O3/c1-6-4-11-8(6,3)5-10-7(2)9/h6H,4-5H2,1-3H3. The summed E-state index contributed by atoms with van der Waals surface area (Å²) < 4.78 is 10.2. The zero-order valence-electron chi connectivity index (χ0n) is 7.22. The summed E-state index contributed by atoms with van der Waals surface area (Å²) in [5, 5.41) is 0. The number of hydrogen-bond acceptors (Lipinski definition) is 3. The highest BCUT2D eigenvalue weighted by Gasteiger charge is 2.42. The Bertz CT molecular complexity index is 167. The number of esters is 1. The quantitative estimate of drug-likeness (QED) is 0.562. The Hall–Kier alpha value is -0.570. The second-order valence-corrected chi connectivity index (χ2v) is 3.30. The van der Waals surface area contributed by atoms with E-state index < -0.39 is 0 Å². The van der Waals surface area contributed by atoms with Gasteiger partial charge in [-0.2, -0.15) is 0 Å². The number of hydrogen-bond donors (Lipinski definition) is 0. The van der Waals surface area contributed by atoms with Gasteiger partial charge in [0.1, 0.15) is 12.2 Å². The van der Waals surface area contributed by atoms with Gasteiger partial charge in [-0.25, -0.2) is 0 Å². The summed E-state index contributed by atoms with van der Waals surface area (Å²) in [6, 6.07) is 0. The number of carbonyl (C=O) groups is 1. The van der Waals surface area contributed by atoms with Crippen molar-refractivity contribution in [3.8, 4) is 0 Å². The molecule has 0 aromatic heterocycles. The monoisotopic (exact) mass is 158 g/mol. The first-order chi connectivity index (χ1) is 5.04. The van der Waals surface area contributed by atoms with Crippen molar-refractivity contribution in [2.75, 3.05) is 13.2 Å². The molecule has 0 amide bonds. The Kier molecular flexibility index (Phi) is 2.18. The van der Waals surface area contributed by atoms with Gasteiger partial charge in [-0.15, -0.1) is 0 Å². The minimum Gasteiger partial charge on any atom is -0.463 e. The molecule has 2 atom stereocenters. The topological polar surface area (TPSA) is 35.5 Å². The smallest absolute Gasteiger partial charge is 0.302 e. The van der Waals surface area contributed by atoms with Crippen LogP contribution < -0.4 is 0 Å². The second-order valence-electron chi connectivity index (χ2n) is 3.30. The molecule has 0 N–H and O–H groups in total. The molecule has 1 heterocycles. The number of ether oxygens (including phenoxy) is 2. The normalized spacial score (nSPS) is 36.1. The van der Waals surface area contributed by atoms with E-state index >= 15 is 0 Å².